The van der Waals surface area contributed by atoms with Crippen LogP contribution in [-0.4, -0.2) is 33.0 Å². The molecule has 0 aromatic heterocycles. The van der Waals surface area contributed by atoms with E-state index >= 15 is 0 Å². The zero-order chi connectivity index (χ0) is 14.8. The molecule has 1 N–H and O–H groups in total. The van der Waals surface area contributed by atoms with Gasteiger partial charge in [0.05, 0.1) is 5.75 Å². The molecule has 1 fully saturated rings. The molecule has 0 spiro atoms. The molecule has 0 radical (unpaired) electrons. The van der Waals surface area contributed by atoms with Crippen molar-refractivity contribution < 1.29 is 8.42 Å². The van der Waals surface area contributed by atoms with Crippen LogP contribution in [0.2, 0.25) is 0 Å². The normalized spacial score (nSPS) is 24.5. The fourth-order valence-corrected chi connectivity index (χ4v) is 4.81. The van der Waals surface area contributed by atoms with E-state index in [4.69, 9.17) is 0 Å². The first-order valence-electron chi connectivity index (χ1n) is 8.50. The fourth-order valence-electron chi connectivity index (χ4n) is 3.32. The molecule has 4 heteroatoms. The van der Waals surface area contributed by atoms with Crippen LogP contribution in [-0.2, 0) is 9.84 Å². The van der Waals surface area contributed by atoms with Gasteiger partial charge in [-0.05, 0) is 50.6 Å². The summed E-state index contributed by atoms with van der Waals surface area (Å²) in [6.07, 6.45) is 9.20. The largest absolute Gasteiger partial charge is 0.316 e. The number of hydrogen-bond donors (Lipinski definition) is 1. The van der Waals surface area contributed by atoms with E-state index in [9.17, 15) is 8.42 Å². The average molecular weight is 304 g/mol. The van der Waals surface area contributed by atoms with Crippen LogP contribution in [0.5, 0.6) is 0 Å². The van der Waals surface area contributed by atoms with Crippen LogP contribution in [0.1, 0.15) is 65.2 Å². The van der Waals surface area contributed by atoms with Crippen LogP contribution in [0, 0.1) is 11.8 Å². The van der Waals surface area contributed by atoms with Gasteiger partial charge in [0.25, 0.3) is 0 Å². The molecule has 20 heavy (non-hydrogen) atoms. The molecule has 1 aliphatic carbocycles. The molecule has 0 saturated heterocycles. The summed E-state index contributed by atoms with van der Waals surface area (Å²) in [7, 11) is -2.81. The van der Waals surface area contributed by atoms with Crippen molar-refractivity contribution in [1.82, 2.24) is 5.32 Å². The molecule has 120 valence electrons. The van der Waals surface area contributed by atoms with Crippen LogP contribution >= 0.6 is 0 Å². The zero-order valence-electron chi connectivity index (χ0n) is 13.4. The van der Waals surface area contributed by atoms with E-state index in [-0.39, 0.29) is 0 Å². The minimum Gasteiger partial charge on any atom is -0.316 e. The van der Waals surface area contributed by atoms with Gasteiger partial charge in [0.1, 0.15) is 9.84 Å². The molecule has 0 aromatic rings. The summed E-state index contributed by atoms with van der Waals surface area (Å²) in [5.41, 5.74) is 0. The second-order valence-corrected chi connectivity index (χ2v) is 8.61. The number of rotatable bonds is 9. The summed E-state index contributed by atoms with van der Waals surface area (Å²) < 4.78 is 23.8. The van der Waals surface area contributed by atoms with Crippen molar-refractivity contribution in [1.29, 1.82) is 0 Å². The van der Waals surface area contributed by atoms with E-state index in [1.165, 1.54) is 38.5 Å². The Labute approximate surface area is 125 Å². The van der Waals surface area contributed by atoms with E-state index in [1.54, 1.807) is 0 Å². The van der Waals surface area contributed by atoms with Crippen molar-refractivity contribution in [2.75, 3.05) is 24.6 Å². The maximum Gasteiger partial charge on any atom is 0.150 e. The van der Waals surface area contributed by atoms with Crippen molar-refractivity contribution in [3.05, 3.63) is 0 Å². The third kappa shape index (κ3) is 7.07. The third-order valence-corrected chi connectivity index (χ3v) is 6.35. The summed E-state index contributed by atoms with van der Waals surface area (Å²) >= 11 is 0. The Morgan fingerprint density at radius 3 is 2.30 bits per heavy atom. The summed E-state index contributed by atoms with van der Waals surface area (Å²) in [4.78, 5) is 0. The summed E-state index contributed by atoms with van der Waals surface area (Å²) in [6.45, 7) is 6.29. The lowest BCUT2D eigenvalue weighted by atomic mass is 9.86. The monoisotopic (exact) mass is 303 g/mol. The standard InChI is InChI=1S/C16H33NO2S/c1-3-11-17-14-16-9-7-5-6-8-15(16)10-13-20(18,19)12-4-2/h15-17H,3-14H2,1-2H3. The molecule has 0 bridgehead atoms. The Morgan fingerprint density at radius 2 is 1.65 bits per heavy atom. The van der Waals surface area contributed by atoms with Crippen LogP contribution < -0.4 is 5.32 Å². The molecule has 1 aliphatic rings. The van der Waals surface area contributed by atoms with Crippen molar-refractivity contribution in [2.24, 2.45) is 11.8 Å². The number of hydrogen-bond acceptors (Lipinski definition) is 3. The average Bonchev–Trinajstić information content (AvgIpc) is 2.62. The lowest BCUT2D eigenvalue weighted by Crippen LogP contribution is -2.29. The predicted octanol–water partition coefficient (Wildman–Crippen LogP) is 3.40. The minimum atomic E-state index is -2.81. The third-order valence-electron chi connectivity index (χ3n) is 4.46. The lowest BCUT2D eigenvalue weighted by Gasteiger charge is -2.25. The highest BCUT2D eigenvalue weighted by molar-refractivity contribution is 7.91. The molecule has 2 atom stereocenters. The second-order valence-electron chi connectivity index (χ2n) is 6.30. The van der Waals surface area contributed by atoms with E-state index < -0.39 is 9.84 Å². The molecule has 0 aromatic carbocycles. The van der Waals surface area contributed by atoms with Gasteiger partial charge in [0.15, 0.2) is 0 Å². The molecular weight excluding hydrogens is 270 g/mol. The maximum atomic E-state index is 11.9. The number of nitrogens with one attached hydrogen (secondary N) is 1. The van der Waals surface area contributed by atoms with Crippen LogP contribution in [0.15, 0.2) is 0 Å². The van der Waals surface area contributed by atoms with Crippen molar-refractivity contribution in [3.8, 4) is 0 Å². The van der Waals surface area contributed by atoms with Gasteiger partial charge < -0.3 is 5.32 Å². The Morgan fingerprint density at radius 1 is 0.950 bits per heavy atom. The minimum absolute atomic E-state index is 0.360. The Hall–Kier alpha value is -0.0900. The van der Waals surface area contributed by atoms with E-state index in [0.29, 0.717) is 23.3 Å². The smallest absolute Gasteiger partial charge is 0.150 e. The zero-order valence-corrected chi connectivity index (χ0v) is 14.2. The molecule has 3 nitrogen and oxygen atoms in total. The molecule has 0 heterocycles. The highest BCUT2D eigenvalue weighted by Crippen LogP contribution is 2.31. The van der Waals surface area contributed by atoms with E-state index in [2.05, 4.69) is 12.2 Å². The van der Waals surface area contributed by atoms with E-state index in [0.717, 1.165) is 25.9 Å². The van der Waals surface area contributed by atoms with Crippen LogP contribution in [0.3, 0.4) is 0 Å². The summed E-state index contributed by atoms with van der Waals surface area (Å²) in [5, 5.41) is 3.54. The first kappa shape index (κ1) is 18.0. The topological polar surface area (TPSA) is 46.2 Å². The SMILES string of the molecule is CCCNCC1CCCCCC1CCS(=O)(=O)CCC. The summed E-state index contributed by atoms with van der Waals surface area (Å²) in [6, 6.07) is 0. The molecule has 0 amide bonds. The van der Waals surface area contributed by atoms with Crippen LogP contribution in [0.4, 0.5) is 0 Å². The van der Waals surface area contributed by atoms with Crippen molar-refractivity contribution >= 4 is 9.84 Å². The van der Waals surface area contributed by atoms with Gasteiger partial charge in [0.2, 0.25) is 0 Å². The molecule has 1 rings (SSSR count). The Balaban J connectivity index is 2.48. The maximum absolute atomic E-state index is 11.9. The van der Waals surface area contributed by atoms with Gasteiger partial charge >= 0.3 is 0 Å². The summed E-state index contributed by atoms with van der Waals surface area (Å²) in [5.74, 6) is 2.04. The molecule has 0 aliphatic heterocycles. The second kappa shape index (κ2) is 9.78. The van der Waals surface area contributed by atoms with Crippen LogP contribution in [0.25, 0.3) is 0 Å². The fraction of sp³-hybridized carbons (Fsp3) is 1.00. The molecule has 2 unspecified atom stereocenters. The van der Waals surface area contributed by atoms with Gasteiger partial charge in [-0.15, -0.1) is 0 Å². The van der Waals surface area contributed by atoms with Gasteiger partial charge in [-0.3, -0.25) is 0 Å². The highest BCUT2D eigenvalue weighted by atomic mass is 32.2. The van der Waals surface area contributed by atoms with Crippen molar-refractivity contribution in [3.63, 3.8) is 0 Å². The quantitative estimate of drug-likeness (QED) is 0.524. The van der Waals surface area contributed by atoms with Gasteiger partial charge in [-0.2, -0.15) is 0 Å². The first-order chi connectivity index (χ1) is 9.59. The predicted molar refractivity (Wildman–Crippen MR) is 86.8 cm³/mol. The van der Waals surface area contributed by atoms with E-state index in [1.807, 2.05) is 6.92 Å². The molecular formula is C16H33NO2S. The lowest BCUT2D eigenvalue weighted by molar-refractivity contribution is 0.292. The van der Waals surface area contributed by atoms with Crippen molar-refractivity contribution in [2.45, 2.75) is 65.2 Å². The molecule has 1 saturated carbocycles. The van der Waals surface area contributed by atoms with Gasteiger partial charge in [0, 0.05) is 5.75 Å². The first-order valence-corrected chi connectivity index (χ1v) is 10.3. The Bertz CT molecular complexity index is 340. The Kier molecular flexibility index (Phi) is 8.78. The van der Waals surface area contributed by atoms with Gasteiger partial charge in [-0.1, -0.05) is 39.5 Å². The van der Waals surface area contributed by atoms with Gasteiger partial charge in [-0.25, -0.2) is 8.42 Å². The number of sulfone groups is 1. The highest BCUT2D eigenvalue weighted by Gasteiger charge is 2.24.